The second-order valence-corrected chi connectivity index (χ2v) is 6.72. The van der Waals surface area contributed by atoms with E-state index in [-0.39, 0.29) is 11.9 Å². The van der Waals surface area contributed by atoms with Crippen LogP contribution in [0.5, 0.6) is 5.75 Å². The molecule has 0 unspecified atom stereocenters. The van der Waals surface area contributed by atoms with Crippen molar-refractivity contribution in [1.82, 2.24) is 15.1 Å². The highest BCUT2D eigenvalue weighted by atomic mass is 35.5. The van der Waals surface area contributed by atoms with Gasteiger partial charge in [-0.05, 0) is 61.4 Å². The lowest BCUT2D eigenvalue weighted by Gasteiger charge is -2.08. The van der Waals surface area contributed by atoms with Crippen molar-refractivity contribution in [2.75, 3.05) is 7.11 Å². The van der Waals surface area contributed by atoms with Gasteiger partial charge in [0.05, 0.1) is 18.5 Å². The minimum absolute atomic E-state index is 0.125. The summed E-state index contributed by atoms with van der Waals surface area (Å²) in [6, 6.07) is 17.0. The molecule has 1 N–H and O–H groups in total. The predicted octanol–water partition coefficient (Wildman–Crippen LogP) is 4.09. The lowest BCUT2D eigenvalue weighted by atomic mass is 10.1. The average molecular weight is 368 g/mol. The first-order chi connectivity index (χ1) is 12.6. The smallest absolute Gasteiger partial charge is 0.270 e. The van der Waals surface area contributed by atoms with E-state index in [2.05, 4.69) is 10.4 Å². The van der Waals surface area contributed by atoms with Crippen LogP contribution in [0.2, 0.25) is 5.02 Å². The van der Waals surface area contributed by atoms with E-state index < -0.39 is 0 Å². The summed E-state index contributed by atoms with van der Waals surface area (Å²) in [5.41, 5.74) is 2.86. The number of halogens is 1. The molecule has 1 aliphatic rings. The first kappa shape index (κ1) is 16.7. The molecule has 0 aliphatic heterocycles. The van der Waals surface area contributed by atoms with E-state index in [4.69, 9.17) is 16.3 Å². The molecular weight excluding hydrogens is 350 g/mol. The summed E-state index contributed by atoms with van der Waals surface area (Å²) in [7, 11) is 1.63. The van der Waals surface area contributed by atoms with Crippen molar-refractivity contribution in [2.45, 2.75) is 18.9 Å². The Kier molecular flexibility index (Phi) is 4.39. The molecule has 0 saturated heterocycles. The zero-order valence-electron chi connectivity index (χ0n) is 14.3. The molecule has 132 valence electrons. The van der Waals surface area contributed by atoms with Gasteiger partial charge in [0.2, 0.25) is 0 Å². The second-order valence-electron chi connectivity index (χ2n) is 6.28. The lowest BCUT2D eigenvalue weighted by molar-refractivity contribution is 0.0943. The van der Waals surface area contributed by atoms with E-state index in [1.807, 2.05) is 36.4 Å². The molecule has 1 saturated carbocycles. The standard InChI is InChI=1S/C20H18ClN3O2/c1-26-17-9-5-13(6-10-17)18-12-19(20(25)22-15-7-8-15)24(23-18)16-4-2-3-14(21)11-16/h2-6,9-12,15H,7-8H2,1H3,(H,22,25). The number of amides is 1. The van der Waals surface area contributed by atoms with Crippen molar-refractivity contribution in [3.05, 3.63) is 65.3 Å². The molecule has 1 aliphatic carbocycles. The van der Waals surface area contributed by atoms with Crippen molar-refractivity contribution in [1.29, 1.82) is 0 Å². The number of carbonyl (C=O) groups is 1. The largest absolute Gasteiger partial charge is 0.497 e. The Morgan fingerprint density at radius 1 is 1.19 bits per heavy atom. The predicted molar refractivity (Wildman–Crippen MR) is 101 cm³/mol. The van der Waals surface area contributed by atoms with Crippen LogP contribution in [0.4, 0.5) is 0 Å². The molecule has 1 amide bonds. The van der Waals surface area contributed by atoms with Crippen LogP contribution in [0.25, 0.3) is 16.9 Å². The number of aromatic nitrogens is 2. The Hall–Kier alpha value is -2.79. The van der Waals surface area contributed by atoms with Crippen LogP contribution in [0, 0.1) is 0 Å². The van der Waals surface area contributed by atoms with Crippen LogP contribution in [0.15, 0.2) is 54.6 Å². The molecule has 1 aromatic heterocycles. The molecule has 0 atom stereocenters. The molecule has 0 spiro atoms. The minimum Gasteiger partial charge on any atom is -0.497 e. The summed E-state index contributed by atoms with van der Waals surface area (Å²) in [4.78, 5) is 12.7. The molecule has 5 nitrogen and oxygen atoms in total. The average Bonchev–Trinajstić information content (AvgIpc) is 3.35. The maximum Gasteiger partial charge on any atom is 0.270 e. The number of hydrogen-bond acceptors (Lipinski definition) is 3. The van der Waals surface area contributed by atoms with E-state index in [0.717, 1.165) is 29.8 Å². The van der Waals surface area contributed by atoms with Gasteiger partial charge in [-0.3, -0.25) is 4.79 Å². The number of hydrogen-bond donors (Lipinski definition) is 1. The van der Waals surface area contributed by atoms with Crippen molar-refractivity contribution in [3.63, 3.8) is 0 Å². The summed E-state index contributed by atoms with van der Waals surface area (Å²) in [5.74, 6) is 0.648. The number of methoxy groups -OCH3 is 1. The quantitative estimate of drug-likeness (QED) is 0.738. The second kappa shape index (κ2) is 6.84. The molecule has 1 fully saturated rings. The fourth-order valence-electron chi connectivity index (χ4n) is 2.74. The van der Waals surface area contributed by atoms with E-state index in [1.54, 1.807) is 30.0 Å². The lowest BCUT2D eigenvalue weighted by Crippen LogP contribution is -2.27. The van der Waals surface area contributed by atoms with Crippen LogP contribution >= 0.6 is 11.6 Å². The van der Waals surface area contributed by atoms with Gasteiger partial charge in [0.1, 0.15) is 11.4 Å². The first-order valence-electron chi connectivity index (χ1n) is 8.45. The number of nitrogens with one attached hydrogen (secondary N) is 1. The highest BCUT2D eigenvalue weighted by Gasteiger charge is 2.26. The Labute approximate surface area is 156 Å². The van der Waals surface area contributed by atoms with E-state index in [1.165, 1.54) is 0 Å². The number of nitrogens with zero attached hydrogens (tertiary/aromatic N) is 2. The van der Waals surface area contributed by atoms with Gasteiger partial charge in [-0.15, -0.1) is 0 Å². The SMILES string of the molecule is COc1ccc(-c2cc(C(=O)NC3CC3)n(-c3cccc(Cl)c3)n2)cc1. The van der Waals surface area contributed by atoms with Gasteiger partial charge in [-0.2, -0.15) is 5.10 Å². The van der Waals surface area contributed by atoms with Gasteiger partial charge in [0.15, 0.2) is 0 Å². The fourth-order valence-corrected chi connectivity index (χ4v) is 2.92. The van der Waals surface area contributed by atoms with Crippen LogP contribution in [-0.4, -0.2) is 28.8 Å². The van der Waals surface area contributed by atoms with Crippen LogP contribution in [0.1, 0.15) is 23.3 Å². The van der Waals surface area contributed by atoms with E-state index in [9.17, 15) is 4.79 Å². The van der Waals surface area contributed by atoms with Gasteiger partial charge in [-0.25, -0.2) is 4.68 Å². The third kappa shape index (κ3) is 3.44. The maximum absolute atomic E-state index is 12.7. The molecule has 3 aromatic rings. The summed E-state index contributed by atoms with van der Waals surface area (Å²) in [6.07, 6.45) is 2.06. The molecule has 2 aromatic carbocycles. The normalized spacial score (nSPS) is 13.5. The Morgan fingerprint density at radius 3 is 2.62 bits per heavy atom. The zero-order valence-corrected chi connectivity index (χ0v) is 15.0. The topological polar surface area (TPSA) is 56.1 Å². The molecule has 4 rings (SSSR count). The molecular formula is C20H18ClN3O2. The third-order valence-electron chi connectivity index (χ3n) is 4.29. The summed E-state index contributed by atoms with van der Waals surface area (Å²) < 4.78 is 6.84. The Morgan fingerprint density at radius 2 is 1.96 bits per heavy atom. The van der Waals surface area contributed by atoms with Crippen LogP contribution in [0.3, 0.4) is 0 Å². The molecule has 6 heteroatoms. The van der Waals surface area contributed by atoms with E-state index in [0.29, 0.717) is 16.4 Å². The van der Waals surface area contributed by atoms with Crippen molar-refractivity contribution in [3.8, 4) is 22.7 Å². The van der Waals surface area contributed by atoms with Gasteiger partial charge in [-0.1, -0.05) is 17.7 Å². The number of benzene rings is 2. The van der Waals surface area contributed by atoms with Crippen LogP contribution in [-0.2, 0) is 0 Å². The highest BCUT2D eigenvalue weighted by molar-refractivity contribution is 6.30. The minimum atomic E-state index is -0.125. The Bertz CT molecular complexity index is 946. The number of rotatable bonds is 5. The van der Waals surface area contributed by atoms with Crippen LogP contribution < -0.4 is 10.1 Å². The van der Waals surface area contributed by atoms with Crippen molar-refractivity contribution in [2.24, 2.45) is 0 Å². The highest BCUT2D eigenvalue weighted by Crippen LogP contribution is 2.26. The molecule has 1 heterocycles. The number of carbonyl (C=O) groups excluding carboxylic acids is 1. The van der Waals surface area contributed by atoms with Gasteiger partial charge in [0, 0.05) is 16.6 Å². The van der Waals surface area contributed by atoms with Crippen molar-refractivity contribution >= 4 is 17.5 Å². The fraction of sp³-hybridized carbons (Fsp3) is 0.200. The zero-order chi connectivity index (χ0) is 18.1. The van der Waals surface area contributed by atoms with Gasteiger partial charge < -0.3 is 10.1 Å². The molecule has 0 bridgehead atoms. The maximum atomic E-state index is 12.7. The van der Waals surface area contributed by atoms with Gasteiger partial charge in [0.25, 0.3) is 5.91 Å². The summed E-state index contributed by atoms with van der Waals surface area (Å²) >= 11 is 6.12. The first-order valence-corrected chi connectivity index (χ1v) is 8.83. The van der Waals surface area contributed by atoms with E-state index >= 15 is 0 Å². The van der Waals surface area contributed by atoms with Crippen molar-refractivity contribution < 1.29 is 9.53 Å². The summed E-state index contributed by atoms with van der Waals surface area (Å²) in [5, 5.41) is 8.27. The monoisotopic (exact) mass is 367 g/mol. The van der Waals surface area contributed by atoms with Gasteiger partial charge >= 0.3 is 0 Å². The Balaban J connectivity index is 1.76. The number of ether oxygens (including phenoxy) is 1. The third-order valence-corrected chi connectivity index (χ3v) is 4.53. The molecule has 26 heavy (non-hydrogen) atoms. The summed E-state index contributed by atoms with van der Waals surface area (Å²) in [6.45, 7) is 0. The molecule has 0 radical (unpaired) electrons.